The Morgan fingerprint density at radius 1 is 1.47 bits per heavy atom. The molecule has 78 valence electrons. The zero-order valence-electron chi connectivity index (χ0n) is 8.42. The molecule has 0 radical (unpaired) electrons. The van der Waals surface area contributed by atoms with E-state index in [2.05, 4.69) is 9.97 Å². The molecule has 0 spiro atoms. The largest absolute Gasteiger partial charge is 0.320 e. The van der Waals surface area contributed by atoms with Crippen molar-refractivity contribution in [1.82, 2.24) is 9.97 Å². The highest BCUT2D eigenvalue weighted by atomic mass is 16.2. The van der Waals surface area contributed by atoms with Crippen LogP contribution in [0.2, 0.25) is 0 Å². The lowest BCUT2D eigenvalue weighted by Gasteiger charge is -2.18. The monoisotopic (exact) mass is 204 g/mol. The van der Waals surface area contributed by atoms with E-state index in [1.54, 1.807) is 19.4 Å². The van der Waals surface area contributed by atoms with Gasteiger partial charge in [0.05, 0.1) is 11.7 Å². The van der Waals surface area contributed by atoms with E-state index >= 15 is 0 Å². The van der Waals surface area contributed by atoms with Gasteiger partial charge in [-0.15, -0.1) is 0 Å². The summed E-state index contributed by atoms with van der Waals surface area (Å²) in [5.41, 5.74) is 6.81. The van der Waals surface area contributed by atoms with Crippen LogP contribution in [0.3, 0.4) is 0 Å². The lowest BCUT2D eigenvalue weighted by Crippen LogP contribution is -2.42. The number of likely N-dealkylation sites (N-methyl/N-ethyl adjacent to an activating group) is 1. The van der Waals surface area contributed by atoms with Gasteiger partial charge in [-0.3, -0.25) is 14.7 Å². The first kappa shape index (κ1) is 8.79. The Hall–Kier alpha value is -1.49. The van der Waals surface area contributed by atoms with Crippen molar-refractivity contribution < 1.29 is 4.79 Å². The Balaban J connectivity index is 2.14. The van der Waals surface area contributed by atoms with Crippen molar-refractivity contribution in [3.8, 4) is 0 Å². The topological polar surface area (TPSA) is 72.1 Å². The first-order valence-electron chi connectivity index (χ1n) is 5.04. The fourth-order valence-electron chi connectivity index (χ4n) is 2.30. The molecule has 5 heteroatoms. The molecule has 1 aromatic rings. The van der Waals surface area contributed by atoms with Gasteiger partial charge in [-0.1, -0.05) is 0 Å². The minimum Gasteiger partial charge on any atom is -0.320 e. The highest BCUT2D eigenvalue weighted by Gasteiger charge is 2.51. The fraction of sp³-hybridized carbons (Fsp3) is 0.500. The third-order valence-corrected chi connectivity index (χ3v) is 3.29. The predicted octanol–water partition coefficient (Wildman–Crippen LogP) is -0.116. The molecule has 1 aromatic heterocycles. The van der Waals surface area contributed by atoms with Crippen molar-refractivity contribution in [2.45, 2.75) is 18.4 Å². The molecular formula is C10H12N4O. The van der Waals surface area contributed by atoms with Gasteiger partial charge in [-0.25, -0.2) is 4.98 Å². The van der Waals surface area contributed by atoms with Crippen molar-refractivity contribution in [2.24, 2.45) is 11.7 Å². The number of hydrogen-bond acceptors (Lipinski definition) is 4. The number of carbonyl (C=O) groups is 1. The summed E-state index contributed by atoms with van der Waals surface area (Å²) in [4.78, 5) is 21.9. The summed E-state index contributed by atoms with van der Waals surface area (Å²) in [6, 6.07) is -0.393. The molecule has 0 saturated heterocycles. The van der Waals surface area contributed by atoms with Crippen LogP contribution in [-0.2, 0) is 4.79 Å². The third kappa shape index (κ3) is 1.10. The molecule has 1 fully saturated rings. The number of amides is 1. The molecule has 1 amide bonds. The summed E-state index contributed by atoms with van der Waals surface area (Å²) >= 11 is 0. The Labute approximate surface area is 87.3 Å². The molecule has 2 N–H and O–H groups in total. The predicted molar refractivity (Wildman–Crippen MR) is 54.3 cm³/mol. The highest BCUT2D eigenvalue weighted by Crippen LogP contribution is 2.52. The first-order chi connectivity index (χ1) is 7.20. The smallest absolute Gasteiger partial charge is 0.245 e. The molecule has 0 aromatic carbocycles. The van der Waals surface area contributed by atoms with Crippen LogP contribution in [0.25, 0.3) is 0 Å². The fourth-order valence-corrected chi connectivity index (χ4v) is 2.30. The van der Waals surface area contributed by atoms with E-state index in [4.69, 9.17) is 5.73 Å². The number of fused-ring (bicyclic) bond motifs is 3. The molecule has 2 aliphatic rings. The van der Waals surface area contributed by atoms with Crippen molar-refractivity contribution in [1.29, 1.82) is 0 Å². The van der Waals surface area contributed by atoms with Crippen molar-refractivity contribution in [3.63, 3.8) is 0 Å². The summed E-state index contributed by atoms with van der Waals surface area (Å²) in [6.45, 7) is 0. The third-order valence-electron chi connectivity index (χ3n) is 3.29. The van der Waals surface area contributed by atoms with Crippen molar-refractivity contribution in [3.05, 3.63) is 18.1 Å². The zero-order chi connectivity index (χ0) is 10.6. The van der Waals surface area contributed by atoms with Crippen LogP contribution in [0.5, 0.6) is 0 Å². The molecule has 1 saturated carbocycles. The molecule has 5 nitrogen and oxygen atoms in total. The van der Waals surface area contributed by atoms with Crippen LogP contribution in [0.4, 0.5) is 5.82 Å². The Bertz CT molecular complexity index is 433. The van der Waals surface area contributed by atoms with E-state index in [-0.39, 0.29) is 11.8 Å². The van der Waals surface area contributed by atoms with E-state index in [1.807, 2.05) is 0 Å². The van der Waals surface area contributed by atoms with Crippen LogP contribution in [-0.4, -0.2) is 29.0 Å². The van der Waals surface area contributed by atoms with Crippen LogP contribution in [0.1, 0.15) is 18.0 Å². The minimum absolute atomic E-state index is 0.0539. The standard InChI is InChI=1S/C10H12N4O/c1-14-9-8(12-2-3-13-9)6-4-5(6)7(11)10(14)15/h2-3,5-7H,4,11H2,1H3/t5-,6?,7?/m0/s1. The second-order valence-corrected chi connectivity index (χ2v) is 4.19. The van der Waals surface area contributed by atoms with Gasteiger partial charge in [0, 0.05) is 25.4 Å². The van der Waals surface area contributed by atoms with E-state index in [0.717, 1.165) is 12.1 Å². The Morgan fingerprint density at radius 2 is 2.20 bits per heavy atom. The van der Waals surface area contributed by atoms with Crippen molar-refractivity contribution >= 4 is 11.7 Å². The molecular weight excluding hydrogens is 192 g/mol. The van der Waals surface area contributed by atoms with Crippen LogP contribution in [0.15, 0.2) is 12.4 Å². The average Bonchev–Trinajstić information content (AvgIpc) is 3.05. The summed E-state index contributed by atoms with van der Waals surface area (Å²) < 4.78 is 0. The number of carbonyl (C=O) groups excluding carboxylic acids is 1. The summed E-state index contributed by atoms with van der Waals surface area (Å²) in [5.74, 6) is 1.21. The molecule has 2 unspecified atom stereocenters. The maximum atomic E-state index is 11.9. The molecule has 0 bridgehead atoms. The quantitative estimate of drug-likeness (QED) is 0.639. The van der Waals surface area contributed by atoms with Gasteiger partial charge >= 0.3 is 0 Å². The maximum Gasteiger partial charge on any atom is 0.245 e. The molecule has 1 aliphatic heterocycles. The molecule has 2 heterocycles. The van der Waals surface area contributed by atoms with Crippen molar-refractivity contribution in [2.75, 3.05) is 11.9 Å². The molecule has 3 rings (SSSR count). The second-order valence-electron chi connectivity index (χ2n) is 4.19. The SMILES string of the molecule is CN1C(=O)C(N)[C@H]2CC2c2nccnc21. The van der Waals surface area contributed by atoms with Gasteiger partial charge < -0.3 is 5.73 Å². The lowest BCUT2D eigenvalue weighted by atomic mass is 10.1. The van der Waals surface area contributed by atoms with Gasteiger partial charge in [-0.2, -0.15) is 0 Å². The van der Waals surface area contributed by atoms with E-state index < -0.39 is 6.04 Å². The second kappa shape index (κ2) is 2.76. The normalized spacial score (nSPS) is 33.1. The number of nitrogens with two attached hydrogens (primary N) is 1. The van der Waals surface area contributed by atoms with E-state index in [1.165, 1.54) is 4.90 Å². The van der Waals surface area contributed by atoms with Gasteiger partial charge in [0.1, 0.15) is 0 Å². The Kier molecular flexibility index (Phi) is 1.62. The number of hydrogen-bond donors (Lipinski definition) is 1. The first-order valence-corrected chi connectivity index (χ1v) is 5.04. The summed E-state index contributed by atoms with van der Waals surface area (Å²) in [7, 11) is 1.71. The average molecular weight is 204 g/mol. The Morgan fingerprint density at radius 3 is 3.00 bits per heavy atom. The highest BCUT2D eigenvalue weighted by molar-refractivity contribution is 5.98. The van der Waals surface area contributed by atoms with E-state index in [9.17, 15) is 4.79 Å². The van der Waals surface area contributed by atoms with E-state index in [0.29, 0.717) is 11.7 Å². The number of nitrogens with zero attached hydrogens (tertiary/aromatic N) is 3. The molecule has 1 aliphatic carbocycles. The number of anilines is 1. The minimum atomic E-state index is -0.393. The number of aromatic nitrogens is 2. The van der Waals surface area contributed by atoms with Crippen LogP contribution in [0, 0.1) is 5.92 Å². The van der Waals surface area contributed by atoms with Crippen LogP contribution >= 0.6 is 0 Å². The molecule has 15 heavy (non-hydrogen) atoms. The maximum absolute atomic E-state index is 11.9. The lowest BCUT2D eigenvalue weighted by molar-refractivity contribution is -0.119. The summed E-state index contributed by atoms with van der Waals surface area (Å²) in [6.07, 6.45) is 4.24. The van der Waals surface area contributed by atoms with Gasteiger partial charge in [0.25, 0.3) is 0 Å². The zero-order valence-corrected chi connectivity index (χ0v) is 8.42. The number of rotatable bonds is 0. The van der Waals surface area contributed by atoms with Gasteiger partial charge in [-0.05, 0) is 12.3 Å². The van der Waals surface area contributed by atoms with Crippen LogP contribution < -0.4 is 10.6 Å². The summed E-state index contributed by atoms with van der Waals surface area (Å²) in [5, 5.41) is 0. The van der Waals surface area contributed by atoms with Gasteiger partial charge in [0.15, 0.2) is 5.82 Å². The molecule has 3 atom stereocenters. The van der Waals surface area contributed by atoms with Gasteiger partial charge in [0.2, 0.25) is 5.91 Å².